The van der Waals surface area contributed by atoms with E-state index >= 15 is 0 Å². The Morgan fingerprint density at radius 2 is 2.00 bits per heavy atom. The van der Waals surface area contributed by atoms with E-state index in [1.165, 1.54) is 44.1 Å². The van der Waals surface area contributed by atoms with Gasteiger partial charge in [0.05, 0.1) is 6.20 Å². The van der Waals surface area contributed by atoms with Gasteiger partial charge in [-0.2, -0.15) is 10.2 Å². The molecule has 0 spiro atoms. The smallest absolute Gasteiger partial charge is 0.0544 e. The van der Waals surface area contributed by atoms with Gasteiger partial charge < -0.3 is 5.32 Å². The largest absolute Gasteiger partial charge is 0.310 e. The third kappa shape index (κ3) is 5.78. The van der Waals surface area contributed by atoms with E-state index in [9.17, 15) is 0 Å². The van der Waals surface area contributed by atoms with E-state index in [2.05, 4.69) is 35.4 Å². The van der Waals surface area contributed by atoms with Crippen LogP contribution in [0.15, 0.2) is 18.5 Å². The number of nitrogens with zero attached hydrogens (tertiary/aromatic N) is 2. The second-order valence-corrected chi connectivity index (χ2v) is 4.53. The highest BCUT2D eigenvalue weighted by atomic mass is 15.1. The minimum absolute atomic E-state index is 0.447. The van der Waals surface area contributed by atoms with E-state index in [0.717, 1.165) is 6.54 Å². The van der Waals surface area contributed by atoms with Crippen LogP contribution in [0.3, 0.4) is 0 Å². The number of nitrogens with one attached hydrogen (secondary N) is 1. The zero-order valence-electron chi connectivity index (χ0n) is 11.2. The molecule has 0 fully saturated rings. The van der Waals surface area contributed by atoms with Crippen molar-refractivity contribution in [3.8, 4) is 0 Å². The summed E-state index contributed by atoms with van der Waals surface area (Å²) in [6.45, 7) is 5.52. The molecule has 1 aromatic rings. The fraction of sp³-hybridized carbons (Fsp3) is 0.714. The van der Waals surface area contributed by atoms with Crippen LogP contribution in [0.25, 0.3) is 0 Å². The standard InChI is InChI=1S/C14H25N3/c1-3-5-6-7-8-14(15-10-4-2)13-9-11-16-17-12-13/h9,11-12,14-15H,3-8,10H2,1-2H3. The first-order valence-corrected chi connectivity index (χ1v) is 6.88. The van der Waals surface area contributed by atoms with Crippen molar-refractivity contribution in [2.45, 2.75) is 58.4 Å². The molecule has 1 rings (SSSR count). The maximum Gasteiger partial charge on any atom is 0.0544 e. The first-order valence-electron chi connectivity index (χ1n) is 6.88. The number of hydrogen-bond acceptors (Lipinski definition) is 3. The monoisotopic (exact) mass is 235 g/mol. The molecule has 1 unspecified atom stereocenters. The maximum atomic E-state index is 3.97. The summed E-state index contributed by atoms with van der Waals surface area (Å²) in [6, 6.07) is 2.52. The second kappa shape index (κ2) is 9.11. The summed E-state index contributed by atoms with van der Waals surface area (Å²) in [5.74, 6) is 0. The summed E-state index contributed by atoms with van der Waals surface area (Å²) in [4.78, 5) is 0. The highest BCUT2D eigenvalue weighted by Crippen LogP contribution is 2.18. The van der Waals surface area contributed by atoms with Crippen molar-refractivity contribution >= 4 is 0 Å². The molecule has 1 aromatic heterocycles. The third-order valence-electron chi connectivity index (χ3n) is 3.00. The molecule has 0 aromatic carbocycles. The van der Waals surface area contributed by atoms with E-state index in [0.29, 0.717) is 6.04 Å². The van der Waals surface area contributed by atoms with Gasteiger partial charge in [0.25, 0.3) is 0 Å². The molecule has 0 radical (unpaired) electrons. The number of aromatic nitrogens is 2. The quantitative estimate of drug-likeness (QED) is 0.666. The summed E-state index contributed by atoms with van der Waals surface area (Å²) in [5, 5.41) is 11.4. The highest BCUT2D eigenvalue weighted by molar-refractivity contribution is 5.11. The van der Waals surface area contributed by atoms with E-state index in [-0.39, 0.29) is 0 Å². The molecule has 0 saturated heterocycles. The molecule has 96 valence electrons. The van der Waals surface area contributed by atoms with E-state index in [1.54, 1.807) is 6.20 Å². The lowest BCUT2D eigenvalue weighted by molar-refractivity contribution is 0.469. The van der Waals surface area contributed by atoms with Gasteiger partial charge >= 0.3 is 0 Å². The Balaban J connectivity index is 2.43. The molecular weight excluding hydrogens is 210 g/mol. The van der Waals surface area contributed by atoms with Crippen molar-refractivity contribution in [3.63, 3.8) is 0 Å². The Kier molecular flexibility index (Phi) is 7.56. The molecule has 17 heavy (non-hydrogen) atoms. The summed E-state index contributed by atoms with van der Waals surface area (Å²) < 4.78 is 0. The van der Waals surface area contributed by atoms with Crippen LogP contribution in [-0.4, -0.2) is 16.7 Å². The predicted octanol–water partition coefficient (Wildman–Crippen LogP) is 3.49. The van der Waals surface area contributed by atoms with Crippen LogP contribution in [0.4, 0.5) is 0 Å². The molecule has 3 heteroatoms. The molecule has 0 bridgehead atoms. The number of unbranched alkanes of at least 4 members (excludes halogenated alkanes) is 3. The topological polar surface area (TPSA) is 37.8 Å². The van der Waals surface area contributed by atoms with Crippen LogP contribution >= 0.6 is 0 Å². The average molecular weight is 235 g/mol. The summed E-state index contributed by atoms with van der Waals surface area (Å²) in [6.07, 6.45) is 11.3. The van der Waals surface area contributed by atoms with Gasteiger partial charge in [0.1, 0.15) is 0 Å². The van der Waals surface area contributed by atoms with Crippen LogP contribution in [0.5, 0.6) is 0 Å². The van der Waals surface area contributed by atoms with Gasteiger partial charge in [0.15, 0.2) is 0 Å². The Hall–Kier alpha value is -0.960. The predicted molar refractivity (Wildman–Crippen MR) is 71.8 cm³/mol. The Labute approximate surface area is 105 Å². The average Bonchev–Trinajstić information content (AvgIpc) is 2.39. The van der Waals surface area contributed by atoms with Gasteiger partial charge in [-0.3, -0.25) is 0 Å². The Morgan fingerprint density at radius 1 is 1.12 bits per heavy atom. The zero-order valence-corrected chi connectivity index (χ0v) is 11.2. The van der Waals surface area contributed by atoms with Crippen LogP contribution in [0.2, 0.25) is 0 Å². The van der Waals surface area contributed by atoms with Crippen LogP contribution in [0, 0.1) is 0 Å². The molecule has 0 aliphatic carbocycles. The minimum Gasteiger partial charge on any atom is -0.310 e. The first kappa shape index (κ1) is 14.1. The lowest BCUT2D eigenvalue weighted by atomic mass is 10.0. The molecule has 0 aliphatic heterocycles. The van der Waals surface area contributed by atoms with Gasteiger partial charge in [-0.1, -0.05) is 39.5 Å². The molecule has 0 saturated carbocycles. The van der Waals surface area contributed by atoms with Gasteiger partial charge in [0, 0.05) is 12.2 Å². The van der Waals surface area contributed by atoms with Crippen molar-refractivity contribution < 1.29 is 0 Å². The third-order valence-corrected chi connectivity index (χ3v) is 3.00. The van der Waals surface area contributed by atoms with Crippen molar-refractivity contribution in [2.75, 3.05) is 6.54 Å². The van der Waals surface area contributed by atoms with E-state index in [1.807, 2.05) is 6.20 Å². The van der Waals surface area contributed by atoms with Crippen molar-refractivity contribution in [1.82, 2.24) is 15.5 Å². The summed E-state index contributed by atoms with van der Waals surface area (Å²) >= 11 is 0. The molecule has 0 aliphatic rings. The van der Waals surface area contributed by atoms with Crippen molar-refractivity contribution in [1.29, 1.82) is 0 Å². The number of rotatable bonds is 9. The molecule has 3 nitrogen and oxygen atoms in total. The van der Waals surface area contributed by atoms with Gasteiger partial charge in [-0.15, -0.1) is 0 Å². The normalized spacial score (nSPS) is 12.6. The van der Waals surface area contributed by atoms with Crippen LogP contribution < -0.4 is 5.32 Å². The van der Waals surface area contributed by atoms with Gasteiger partial charge in [-0.05, 0) is 31.0 Å². The summed E-state index contributed by atoms with van der Waals surface area (Å²) in [5.41, 5.74) is 1.27. The summed E-state index contributed by atoms with van der Waals surface area (Å²) in [7, 11) is 0. The Morgan fingerprint density at radius 3 is 2.65 bits per heavy atom. The zero-order chi connectivity index (χ0) is 12.3. The number of hydrogen-bond donors (Lipinski definition) is 1. The van der Waals surface area contributed by atoms with Gasteiger partial charge in [-0.25, -0.2) is 0 Å². The molecule has 1 heterocycles. The lowest BCUT2D eigenvalue weighted by Gasteiger charge is -2.18. The second-order valence-electron chi connectivity index (χ2n) is 4.53. The van der Waals surface area contributed by atoms with Crippen molar-refractivity contribution in [2.24, 2.45) is 0 Å². The molecule has 1 N–H and O–H groups in total. The fourth-order valence-corrected chi connectivity index (χ4v) is 1.99. The molecule has 1 atom stereocenters. The van der Waals surface area contributed by atoms with E-state index in [4.69, 9.17) is 0 Å². The molecule has 0 amide bonds. The molecular formula is C14H25N3. The fourth-order valence-electron chi connectivity index (χ4n) is 1.99. The lowest BCUT2D eigenvalue weighted by Crippen LogP contribution is -2.22. The maximum absolute atomic E-state index is 3.97. The van der Waals surface area contributed by atoms with E-state index < -0.39 is 0 Å². The first-order chi connectivity index (χ1) is 8.38. The van der Waals surface area contributed by atoms with Gasteiger partial charge in [0.2, 0.25) is 0 Å². The van der Waals surface area contributed by atoms with Crippen molar-refractivity contribution in [3.05, 3.63) is 24.0 Å². The van der Waals surface area contributed by atoms with Crippen LogP contribution in [0.1, 0.15) is 64.0 Å². The highest BCUT2D eigenvalue weighted by Gasteiger charge is 2.09. The SMILES string of the molecule is CCCCCCC(NCCC)c1ccnnc1. The van der Waals surface area contributed by atoms with Crippen LogP contribution in [-0.2, 0) is 0 Å². The Bertz CT molecular complexity index is 274. The minimum atomic E-state index is 0.447.